The van der Waals surface area contributed by atoms with Gasteiger partial charge in [-0.15, -0.1) is 0 Å². The third kappa shape index (κ3) is 2.72. The number of rotatable bonds is 3. The van der Waals surface area contributed by atoms with Crippen LogP contribution in [0.3, 0.4) is 0 Å². The first-order chi connectivity index (χ1) is 13.5. The summed E-state index contributed by atoms with van der Waals surface area (Å²) in [4.78, 5) is 23.0. The van der Waals surface area contributed by atoms with Gasteiger partial charge in [0.05, 0.1) is 5.52 Å². The van der Waals surface area contributed by atoms with E-state index in [2.05, 4.69) is 74.3 Å². The predicted octanol–water partition coefficient (Wildman–Crippen LogP) is 2.76. The van der Waals surface area contributed by atoms with Crippen molar-refractivity contribution in [3.63, 3.8) is 0 Å². The molecule has 28 heavy (non-hydrogen) atoms. The first-order valence-corrected chi connectivity index (χ1v) is 10.1. The van der Waals surface area contributed by atoms with Crippen LogP contribution in [0.1, 0.15) is 31.2 Å². The highest BCUT2D eigenvalue weighted by Crippen LogP contribution is 2.37. The minimum absolute atomic E-state index is 0.424. The molecule has 3 aromatic heterocycles. The fraction of sp³-hybridized carbons (Fsp3) is 0.524. The molecule has 0 amide bonds. The van der Waals surface area contributed by atoms with Gasteiger partial charge in [0, 0.05) is 62.5 Å². The molecule has 146 valence electrons. The number of anilines is 2. The largest absolute Gasteiger partial charge is 0.356 e. The number of fused-ring (bicyclic) bond motifs is 2. The van der Waals surface area contributed by atoms with Gasteiger partial charge in [0.25, 0.3) is 0 Å². The minimum Gasteiger partial charge on any atom is -0.356 e. The maximum atomic E-state index is 4.66. The lowest BCUT2D eigenvalue weighted by Crippen LogP contribution is -2.30. The zero-order chi connectivity index (χ0) is 19.4. The van der Waals surface area contributed by atoms with Crippen molar-refractivity contribution in [2.45, 2.75) is 26.7 Å². The van der Waals surface area contributed by atoms with Gasteiger partial charge in [0.1, 0.15) is 24.0 Å². The van der Waals surface area contributed by atoms with Crippen LogP contribution in [0.15, 0.2) is 24.8 Å². The van der Waals surface area contributed by atoms with Crippen molar-refractivity contribution in [3.05, 3.63) is 36.2 Å². The number of aryl methyl sites for hydroxylation is 2. The van der Waals surface area contributed by atoms with E-state index in [-0.39, 0.29) is 0 Å². The van der Waals surface area contributed by atoms with E-state index in [1.54, 1.807) is 12.7 Å². The van der Waals surface area contributed by atoms with Gasteiger partial charge in [-0.05, 0) is 18.9 Å². The summed E-state index contributed by atoms with van der Waals surface area (Å²) >= 11 is 0. The van der Waals surface area contributed by atoms with Crippen LogP contribution in [-0.4, -0.2) is 50.7 Å². The van der Waals surface area contributed by atoms with E-state index in [0.29, 0.717) is 17.8 Å². The smallest absolute Gasteiger partial charge is 0.156 e. The molecule has 0 radical (unpaired) electrons. The lowest BCUT2D eigenvalue weighted by atomic mass is 10.0. The van der Waals surface area contributed by atoms with Gasteiger partial charge in [-0.1, -0.05) is 13.8 Å². The van der Waals surface area contributed by atoms with Crippen molar-refractivity contribution in [1.29, 1.82) is 0 Å². The summed E-state index contributed by atoms with van der Waals surface area (Å²) in [6, 6.07) is 4.30. The average molecular weight is 377 g/mol. The highest BCUT2D eigenvalue weighted by atomic mass is 15.3. The Morgan fingerprint density at radius 1 is 0.893 bits per heavy atom. The molecule has 0 bridgehead atoms. The number of nitrogens with zero attached hydrogens (tertiary/aromatic N) is 7. The maximum absolute atomic E-state index is 4.66. The van der Waals surface area contributed by atoms with E-state index < -0.39 is 0 Å². The topological polar surface area (TPSA) is 63.0 Å². The van der Waals surface area contributed by atoms with Gasteiger partial charge in [-0.25, -0.2) is 19.9 Å². The Morgan fingerprint density at radius 2 is 1.57 bits per heavy atom. The molecule has 2 atom stereocenters. The molecule has 0 aromatic carbocycles. The normalized spacial score (nSPS) is 21.9. The Hall–Kier alpha value is -2.70. The van der Waals surface area contributed by atoms with Crippen LogP contribution in [0.4, 0.5) is 11.6 Å². The Balaban J connectivity index is 1.36. The summed E-state index contributed by atoms with van der Waals surface area (Å²) in [5.41, 5.74) is 4.51. The van der Waals surface area contributed by atoms with E-state index in [1.165, 1.54) is 5.69 Å². The van der Waals surface area contributed by atoms with Crippen LogP contribution >= 0.6 is 0 Å². The molecule has 2 aliphatic rings. The van der Waals surface area contributed by atoms with Crippen LogP contribution < -0.4 is 9.80 Å². The third-order valence-corrected chi connectivity index (χ3v) is 6.42. The first kappa shape index (κ1) is 17.4. The SMILES string of the molecule is Cc1cc2ncnc(N3CC4CN(c5cc(C(C)C)ncn5)CC4C3)c2n1C. The monoisotopic (exact) mass is 377 g/mol. The van der Waals surface area contributed by atoms with Crippen LogP contribution in [0.2, 0.25) is 0 Å². The molecule has 2 fully saturated rings. The molecule has 5 rings (SSSR count). The average Bonchev–Trinajstić information content (AvgIpc) is 3.34. The maximum Gasteiger partial charge on any atom is 0.156 e. The number of hydrogen-bond donors (Lipinski definition) is 0. The molecule has 7 heteroatoms. The third-order valence-electron chi connectivity index (χ3n) is 6.42. The van der Waals surface area contributed by atoms with Crippen molar-refractivity contribution >= 4 is 22.7 Å². The van der Waals surface area contributed by atoms with Crippen LogP contribution in [0.5, 0.6) is 0 Å². The van der Waals surface area contributed by atoms with Crippen LogP contribution in [0.25, 0.3) is 11.0 Å². The lowest BCUT2D eigenvalue weighted by molar-refractivity contribution is 0.533. The highest BCUT2D eigenvalue weighted by molar-refractivity contribution is 5.87. The molecule has 2 aliphatic heterocycles. The van der Waals surface area contributed by atoms with Gasteiger partial charge in [0.15, 0.2) is 5.82 Å². The Kier molecular flexibility index (Phi) is 4.00. The zero-order valence-electron chi connectivity index (χ0n) is 17.0. The van der Waals surface area contributed by atoms with E-state index in [4.69, 9.17) is 0 Å². The summed E-state index contributed by atoms with van der Waals surface area (Å²) in [7, 11) is 2.10. The molecule has 0 saturated carbocycles. The van der Waals surface area contributed by atoms with Gasteiger partial charge < -0.3 is 14.4 Å². The Bertz CT molecular complexity index is 1010. The fourth-order valence-electron chi connectivity index (χ4n) is 4.72. The molecule has 7 nitrogen and oxygen atoms in total. The summed E-state index contributed by atoms with van der Waals surface area (Å²) in [6.45, 7) is 10.7. The van der Waals surface area contributed by atoms with Crippen molar-refractivity contribution in [3.8, 4) is 0 Å². The zero-order valence-corrected chi connectivity index (χ0v) is 17.0. The molecule has 0 N–H and O–H groups in total. The van der Waals surface area contributed by atoms with Crippen LogP contribution in [0, 0.1) is 18.8 Å². The van der Waals surface area contributed by atoms with Gasteiger partial charge >= 0.3 is 0 Å². The summed E-state index contributed by atoms with van der Waals surface area (Å²) < 4.78 is 2.21. The van der Waals surface area contributed by atoms with E-state index in [1.807, 2.05) is 0 Å². The summed E-state index contributed by atoms with van der Waals surface area (Å²) in [5.74, 6) is 3.86. The van der Waals surface area contributed by atoms with Crippen molar-refractivity contribution in [2.75, 3.05) is 36.0 Å². The molecule has 2 unspecified atom stereocenters. The first-order valence-electron chi connectivity index (χ1n) is 10.1. The quantitative estimate of drug-likeness (QED) is 0.699. The van der Waals surface area contributed by atoms with Crippen molar-refractivity contribution in [2.24, 2.45) is 18.9 Å². The molecule has 3 aromatic rings. The second-order valence-corrected chi connectivity index (χ2v) is 8.56. The predicted molar refractivity (Wildman–Crippen MR) is 111 cm³/mol. The summed E-state index contributed by atoms with van der Waals surface area (Å²) in [5, 5.41) is 0. The van der Waals surface area contributed by atoms with Crippen molar-refractivity contribution < 1.29 is 0 Å². The van der Waals surface area contributed by atoms with Gasteiger partial charge in [0.2, 0.25) is 0 Å². The molecule has 2 saturated heterocycles. The van der Waals surface area contributed by atoms with Gasteiger partial charge in [-0.2, -0.15) is 0 Å². The van der Waals surface area contributed by atoms with E-state index in [9.17, 15) is 0 Å². The second kappa shape index (κ2) is 6.43. The lowest BCUT2D eigenvalue weighted by Gasteiger charge is -2.24. The molecular formula is C21H27N7. The molecule has 5 heterocycles. The van der Waals surface area contributed by atoms with Gasteiger partial charge in [-0.3, -0.25) is 0 Å². The highest BCUT2D eigenvalue weighted by Gasteiger charge is 2.41. The molecular weight excluding hydrogens is 350 g/mol. The summed E-state index contributed by atoms with van der Waals surface area (Å²) in [6.07, 6.45) is 3.41. The molecule has 0 aliphatic carbocycles. The van der Waals surface area contributed by atoms with Crippen molar-refractivity contribution in [1.82, 2.24) is 24.5 Å². The minimum atomic E-state index is 0.424. The Morgan fingerprint density at radius 3 is 2.29 bits per heavy atom. The fourth-order valence-corrected chi connectivity index (χ4v) is 4.72. The van der Waals surface area contributed by atoms with E-state index >= 15 is 0 Å². The Labute approximate surface area is 165 Å². The number of aromatic nitrogens is 5. The second-order valence-electron chi connectivity index (χ2n) is 8.56. The standard InChI is InChI=1S/C21H27N7/c1-13(2)17-6-19(24-11-22-17)27-7-15-9-28(10-16(15)8-27)21-20-18(23-12-25-21)5-14(3)26(20)4/h5-6,11-13,15-16H,7-10H2,1-4H3. The van der Waals surface area contributed by atoms with E-state index in [0.717, 1.165) is 54.5 Å². The van der Waals surface area contributed by atoms with Crippen LogP contribution in [-0.2, 0) is 7.05 Å². The molecule has 0 spiro atoms. The number of hydrogen-bond acceptors (Lipinski definition) is 6.